The highest BCUT2D eigenvalue weighted by atomic mass is 32.1. The number of rotatable bonds is 4. The summed E-state index contributed by atoms with van der Waals surface area (Å²) in [6.07, 6.45) is 0.0792. The summed E-state index contributed by atoms with van der Waals surface area (Å²) in [4.78, 5) is 26.1. The number of benzene rings is 1. The molecule has 0 bridgehead atoms. The quantitative estimate of drug-likeness (QED) is 0.662. The number of amides is 1. The van der Waals surface area contributed by atoms with Gasteiger partial charge in [0.15, 0.2) is 5.13 Å². The Bertz CT molecular complexity index is 668. The molecule has 8 heteroatoms. The number of thiazole rings is 1. The smallest absolute Gasteiger partial charge is 0.271 e. The summed E-state index contributed by atoms with van der Waals surface area (Å²) in [6, 6.07) is 4.32. The summed E-state index contributed by atoms with van der Waals surface area (Å²) < 4.78 is 0. The van der Waals surface area contributed by atoms with Gasteiger partial charge < -0.3 is 11.1 Å². The van der Waals surface area contributed by atoms with Gasteiger partial charge in [-0.2, -0.15) is 0 Å². The number of aryl methyl sites for hydroxylation is 1. The molecule has 0 radical (unpaired) electrons. The first-order chi connectivity index (χ1) is 9.45. The average Bonchev–Trinajstić information content (AvgIpc) is 2.77. The van der Waals surface area contributed by atoms with Gasteiger partial charge in [0.1, 0.15) is 0 Å². The van der Waals surface area contributed by atoms with Crippen LogP contribution in [0.5, 0.6) is 0 Å². The number of non-ortho nitro benzene ring substituents is 1. The van der Waals surface area contributed by atoms with Crippen LogP contribution < -0.4 is 11.1 Å². The molecule has 2 rings (SSSR count). The predicted molar refractivity (Wildman–Crippen MR) is 76.7 cm³/mol. The zero-order valence-electron chi connectivity index (χ0n) is 10.6. The van der Waals surface area contributed by atoms with Crippen molar-refractivity contribution in [3.05, 3.63) is 45.0 Å². The standard InChI is InChI=1S/C12H12N4O3S/c1-7-2-3-9(16(18)19)5-10(7)15-11(17)4-8-6-20-12(13)14-8/h2-3,5-6H,4H2,1H3,(H2,13,14)(H,15,17). The van der Waals surface area contributed by atoms with E-state index < -0.39 is 4.92 Å². The van der Waals surface area contributed by atoms with Crippen molar-refractivity contribution >= 4 is 33.8 Å². The molecule has 0 aliphatic carbocycles. The molecule has 0 unspecified atom stereocenters. The lowest BCUT2D eigenvalue weighted by Gasteiger charge is -2.07. The van der Waals surface area contributed by atoms with Gasteiger partial charge in [0.2, 0.25) is 5.91 Å². The Morgan fingerprint density at radius 1 is 1.55 bits per heavy atom. The topological polar surface area (TPSA) is 111 Å². The Morgan fingerprint density at radius 2 is 2.30 bits per heavy atom. The second kappa shape index (κ2) is 5.66. The normalized spacial score (nSPS) is 10.2. The summed E-state index contributed by atoms with van der Waals surface area (Å²) in [5, 5.41) is 15.5. The molecule has 1 heterocycles. The number of carbonyl (C=O) groups is 1. The maximum Gasteiger partial charge on any atom is 0.271 e. The van der Waals surface area contributed by atoms with Crippen LogP contribution in [0.25, 0.3) is 0 Å². The van der Waals surface area contributed by atoms with Gasteiger partial charge in [0.25, 0.3) is 5.69 Å². The van der Waals surface area contributed by atoms with Gasteiger partial charge in [-0.3, -0.25) is 14.9 Å². The van der Waals surface area contributed by atoms with Crippen molar-refractivity contribution < 1.29 is 9.72 Å². The van der Waals surface area contributed by atoms with E-state index in [0.717, 1.165) is 5.56 Å². The van der Waals surface area contributed by atoms with E-state index in [-0.39, 0.29) is 18.0 Å². The van der Waals surface area contributed by atoms with E-state index in [1.54, 1.807) is 18.4 Å². The molecule has 0 atom stereocenters. The lowest BCUT2D eigenvalue weighted by Crippen LogP contribution is -2.15. The van der Waals surface area contributed by atoms with Gasteiger partial charge >= 0.3 is 0 Å². The molecule has 0 aliphatic rings. The third-order valence-corrected chi connectivity index (χ3v) is 3.34. The summed E-state index contributed by atoms with van der Waals surface area (Å²) in [5.41, 5.74) is 7.17. The summed E-state index contributed by atoms with van der Waals surface area (Å²) in [5.74, 6) is -0.293. The Balaban J connectivity index is 2.11. The van der Waals surface area contributed by atoms with Crippen LogP contribution in [0.3, 0.4) is 0 Å². The Kier molecular flexibility index (Phi) is 3.94. The zero-order chi connectivity index (χ0) is 14.7. The highest BCUT2D eigenvalue weighted by Crippen LogP contribution is 2.22. The molecule has 1 amide bonds. The minimum Gasteiger partial charge on any atom is -0.375 e. The minimum absolute atomic E-state index is 0.0659. The fraction of sp³-hybridized carbons (Fsp3) is 0.167. The molecule has 0 spiro atoms. The van der Waals surface area contributed by atoms with E-state index in [1.807, 2.05) is 0 Å². The van der Waals surface area contributed by atoms with Crippen LogP contribution in [0.1, 0.15) is 11.3 Å². The van der Waals surface area contributed by atoms with Crippen LogP contribution in [-0.2, 0) is 11.2 Å². The van der Waals surface area contributed by atoms with Crippen LogP contribution in [0, 0.1) is 17.0 Å². The fourth-order valence-electron chi connectivity index (χ4n) is 1.62. The predicted octanol–water partition coefficient (Wildman–Crippen LogP) is 2.12. The van der Waals surface area contributed by atoms with E-state index in [1.165, 1.54) is 23.5 Å². The molecule has 0 aliphatic heterocycles. The molecule has 104 valence electrons. The molecule has 7 nitrogen and oxygen atoms in total. The molecule has 3 N–H and O–H groups in total. The monoisotopic (exact) mass is 292 g/mol. The SMILES string of the molecule is Cc1ccc([N+](=O)[O-])cc1NC(=O)Cc1csc(N)n1. The molecular weight excluding hydrogens is 280 g/mol. The van der Waals surface area contributed by atoms with Crippen LogP contribution >= 0.6 is 11.3 Å². The van der Waals surface area contributed by atoms with Gasteiger partial charge in [-0.05, 0) is 12.5 Å². The van der Waals surface area contributed by atoms with Crippen molar-refractivity contribution in [1.29, 1.82) is 0 Å². The largest absolute Gasteiger partial charge is 0.375 e. The highest BCUT2D eigenvalue weighted by molar-refractivity contribution is 7.13. The van der Waals surface area contributed by atoms with Gasteiger partial charge in [-0.25, -0.2) is 4.98 Å². The van der Waals surface area contributed by atoms with E-state index in [0.29, 0.717) is 16.5 Å². The van der Waals surface area contributed by atoms with Gasteiger partial charge in [0.05, 0.1) is 22.7 Å². The highest BCUT2D eigenvalue weighted by Gasteiger charge is 2.12. The summed E-state index contributed by atoms with van der Waals surface area (Å²) in [7, 11) is 0. The van der Waals surface area contributed by atoms with E-state index in [2.05, 4.69) is 10.3 Å². The minimum atomic E-state index is -0.504. The summed E-state index contributed by atoms with van der Waals surface area (Å²) >= 11 is 1.26. The van der Waals surface area contributed by atoms with Crippen molar-refractivity contribution in [2.24, 2.45) is 0 Å². The van der Waals surface area contributed by atoms with Crippen LogP contribution in [0.2, 0.25) is 0 Å². The molecule has 0 saturated carbocycles. The third-order valence-electron chi connectivity index (χ3n) is 2.62. The van der Waals surface area contributed by atoms with Crippen molar-refractivity contribution in [2.45, 2.75) is 13.3 Å². The number of anilines is 2. The fourth-order valence-corrected chi connectivity index (χ4v) is 2.18. The van der Waals surface area contributed by atoms with E-state index in [9.17, 15) is 14.9 Å². The molecule has 0 saturated heterocycles. The number of nitro benzene ring substituents is 1. The number of nitrogen functional groups attached to an aromatic ring is 1. The Labute approximate surface area is 118 Å². The molecule has 1 aromatic heterocycles. The molecule has 20 heavy (non-hydrogen) atoms. The second-order valence-corrected chi connectivity index (χ2v) is 5.05. The van der Waals surface area contributed by atoms with Gasteiger partial charge in [-0.15, -0.1) is 11.3 Å². The van der Waals surface area contributed by atoms with Gasteiger partial charge in [-0.1, -0.05) is 6.07 Å². The van der Waals surface area contributed by atoms with Crippen molar-refractivity contribution in [3.8, 4) is 0 Å². The maximum absolute atomic E-state index is 11.9. The maximum atomic E-state index is 11.9. The first-order valence-corrected chi connectivity index (χ1v) is 6.58. The van der Waals surface area contributed by atoms with Crippen molar-refractivity contribution in [2.75, 3.05) is 11.1 Å². The zero-order valence-corrected chi connectivity index (χ0v) is 11.4. The molecular formula is C12H12N4O3S. The second-order valence-electron chi connectivity index (χ2n) is 4.16. The number of hydrogen-bond donors (Lipinski definition) is 2. The van der Waals surface area contributed by atoms with Crippen molar-refractivity contribution in [3.63, 3.8) is 0 Å². The molecule has 0 fully saturated rings. The van der Waals surface area contributed by atoms with E-state index >= 15 is 0 Å². The number of hydrogen-bond acceptors (Lipinski definition) is 6. The first-order valence-electron chi connectivity index (χ1n) is 5.70. The van der Waals surface area contributed by atoms with E-state index in [4.69, 9.17) is 5.73 Å². The lowest BCUT2D eigenvalue weighted by molar-refractivity contribution is -0.384. The number of carbonyl (C=O) groups excluding carboxylic acids is 1. The van der Waals surface area contributed by atoms with Crippen LogP contribution in [-0.4, -0.2) is 15.8 Å². The Hall–Kier alpha value is -2.48. The first kappa shape index (κ1) is 13.9. The number of aromatic nitrogens is 1. The molecule has 1 aromatic carbocycles. The number of nitrogens with one attached hydrogen (secondary N) is 1. The lowest BCUT2D eigenvalue weighted by atomic mass is 10.1. The van der Waals surface area contributed by atoms with Crippen LogP contribution in [0.15, 0.2) is 23.6 Å². The number of nitrogens with zero attached hydrogens (tertiary/aromatic N) is 2. The van der Waals surface area contributed by atoms with Gasteiger partial charge in [0, 0.05) is 17.5 Å². The van der Waals surface area contributed by atoms with Crippen molar-refractivity contribution in [1.82, 2.24) is 4.98 Å². The van der Waals surface area contributed by atoms with Crippen LogP contribution in [0.4, 0.5) is 16.5 Å². The molecule has 2 aromatic rings. The number of nitrogens with two attached hydrogens (primary N) is 1. The average molecular weight is 292 g/mol. The Morgan fingerprint density at radius 3 is 2.90 bits per heavy atom. The third kappa shape index (κ3) is 3.29. The summed E-state index contributed by atoms with van der Waals surface area (Å²) in [6.45, 7) is 1.76. The number of nitro groups is 1.